The first-order chi connectivity index (χ1) is 13.2. The SMILES string of the molecule is O=C(c1ccccc1NCc1ncc(-c2ccccc2F)o1)N1CCCC1. The highest BCUT2D eigenvalue weighted by Gasteiger charge is 2.21. The van der Waals surface area contributed by atoms with Gasteiger partial charge in [0, 0.05) is 18.8 Å². The molecular weight excluding hydrogens is 345 g/mol. The van der Waals surface area contributed by atoms with Crippen LogP contribution in [-0.4, -0.2) is 28.9 Å². The van der Waals surface area contributed by atoms with Crippen LogP contribution in [0.1, 0.15) is 29.1 Å². The van der Waals surface area contributed by atoms with Gasteiger partial charge in [-0.25, -0.2) is 9.37 Å². The van der Waals surface area contributed by atoms with E-state index in [9.17, 15) is 9.18 Å². The fourth-order valence-electron chi connectivity index (χ4n) is 3.26. The number of oxazole rings is 1. The number of hydrogen-bond donors (Lipinski definition) is 1. The summed E-state index contributed by atoms with van der Waals surface area (Å²) in [6.07, 6.45) is 3.61. The standard InChI is InChI=1S/C21H20FN3O2/c22-17-9-3-1-7-15(17)19-13-24-20(27-19)14-23-18-10-4-2-8-16(18)21(26)25-11-5-6-12-25/h1-4,7-10,13,23H,5-6,11-12,14H2. The van der Waals surface area contributed by atoms with Gasteiger partial charge in [0.1, 0.15) is 5.82 Å². The molecule has 3 aromatic rings. The third-order valence-electron chi connectivity index (χ3n) is 4.67. The lowest BCUT2D eigenvalue weighted by molar-refractivity contribution is 0.0793. The molecule has 1 saturated heterocycles. The molecule has 0 atom stereocenters. The zero-order chi connectivity index (χ0) is 18.6. The number of nitrogens with one attached hydrogen (secondary N) is 1. The Kier molecular flexibility index (Phi) is 4.87. The number of carbonyl (C=O) groups excluding carboxylic acids is 1. The summed E-state index contributed by atoms with van der Waals surface area (Å²) in [5.74, 6) is 0.493. The monoisotopic (exact) mass is 365 g/mol. The zero-order valence-electron chi connectivity index (χ0n) is 14.8. The van der Waals surface area contributed by atoms with Crippen molar-refractivity contribution in [2.45, 2.75) is 19.4 Å². The van der Waals surface area contributed by atoms with Gasteiger partial charge in [-0.2, -0.15) is 0 Å². The Labute approximate surface area is 156 Å². The summed E-state index contributed by atoms with van der Waals surface area (Å²) < 4.78 is 19.5. The number of aromatic nitrogens is 1. The molecule has 4 rings (SSSR count). The Morgan fingerprint density at radius 1 is 1.11 bits per heavy atom. The summed E-state index contributed by atoms with van der Waals surface area (Å²) in [6.45, 7) is 1.91. The van der Waals surface area contributed by atoms with Gasteiger partial charge in [0.2, 0.25) is 5.89 Å². The summed E-state index contributed by atoms with van der Waals surface area (Å²) in [5.41, 5.74) is 1.75. The van der Waals surface area contributed by atoms with Gasteiger partial charge in [0.15, 0.2) is 5.76 Å². The van der Waals surface area contributed by atoms with Crippen LogP contribution in [0.15, 0.2) is 59.1 Å². The molecule has 1 aliphatic rings. The van der Waals surface area contributed by atoms with Crippen molar-refractivity contribution in [1.29, 1.82) is 0 Å². The van der Waals surface area contributed by atoms with Gasteiger partial charge in [-0.3, -0.25) is 4.79 Å². The van der Waals surface area contributed by atoms with Gasteiger partial charge in [-0.15, -0.1) is 0 Å². The van der Waals surface area contributed by atoms with Crippen LogP contribution < -0.4 is 5.32 Å². The van der Waals surface area contributed by atoms with Crippen molar-refractivity contribution < 1.29 is 13.6 Å². The lowest BCUT2D eigenvalue weighted by Crippen LogP contribution is -2.28. The molecule has 6 heteroatoms. The molecule has 1 aliphatic heterocycles. The Balaban J connectivity index is 1.48. The molecule has 0 aliphatic carbocycles. The smallest absolute Gasteiger partial charge is 0.255 e. The number of amides is 1. The number of likely N-dealkylation sites (tertiary alicyclic amines) is 1. The third-order valence-corrected chi connectivity index (χ3v) is 4.67. The number of benzene rings is 2. The molecule has 2 aromatic carbocycles. The lowest BCUT2D eigenvalue weighted by Gasteiger charge is -2.18. The molecule has 1 amide bonds. The van der Waals surface area contributed by atoms with E-state index in [4.69, 9.17) is 4.42 Å². The van der Waals surface area contributed by atoms with Gasteiger partial charge in [-0.05, 0) is 37.1 Å². The van der Waals surface area contributed by atoms with E-state index in [2.05, 4.69) is 10.3 Å². The first-order valence-corrected chi connectivity index (χ1v) is 9.04. The Morgan fingerprint density at radius 2 is 1.85 bits per heavy atom. The number of hydrogen-bond acceptors (Lipinski definition) is 4. The van der Waals surface area contributed by atoms with Crippen LogP contribution in [-0.2, 0) is 6.54 Å². The third kappa shape index (κ3) is 3.69. The molecule has 0 saturated carbocycles. The summed E-state index contributed by atoms with van der Waals surface area (Å²) in [6, 6.07) is 13.8. The van der Waals surface area contributed by atoms with Gasteiger partial charge in [-0.1, -0.05) is 24.3 Å². The van der Waals surface area contributed by atoms with E-state index in [1.807, 2.05) is 29.2 Å². The molecule has 2 heterocycles. The predicted octanol–water partition coefficient (Wildman–Crippen LogP) is 4.33. The number of halogens is 1. The molecule has 1 fully saturated rings. The van der Waals surface area contributed by atoms with Crippen molar-refractivity contribution >= 4 is 11.6 Å². The maximum Gasteiger partial charge on any atom is 0.255 e. The Hall–Kier alpha value is -3.15. The maximum absolute atomic E-state index is 13.9. The highest BCUT2D eigenvalue weighted by atomic mass is 19.1. The minimum absolute atomic E-state index is 0.0371. The molecule has 0 radical (unpaired) electrons. The summed E-state index contributed by atoms with van der Waals surface area (Å²) in [4.78, 5) is 18.8. The normalized spacial score (nSPS) is 13.7. The van der Waals surface area contributed by atoms with Crippen molar-refractivity contribution in [2.75, 3.05) is 18.4 Å². The second kappa shape index (κ2) is 7.61. The summed E-state index contributed by atoms with van der Waals surface area (Å²) in [7, 11) is 0. The Bertz CT molecular complexity index is 948. The number of para-hydroxylation sites is 1. The molecular formula is C21H20FN3O2. The van der Waals surface area contributed by atoms with Gasteiger partial charge >= 0.3 is 0 Å². The second-order valence-corrected chi connectivity index (χ2v) is 6.50. The van der Waals surface area contributed by atoms with E-state index < -0.39 is 0 Å². The van der Waals surface area contributed by atoms with E-state index in [0.29, 0.717) is 29.3 Å². The summed E-state index contributed by atoms with van der Waals surface area (Å²) in [5, 5.41) is 3.22. The van der Waals surface area contributed by atoms with E-state index in [0.717, 1.165) is 31.6 Å². The van der Waals surface area contributed by atoms with Gasteiger partial charge in [0.25, 0.3) is 5.91 Å². The largest absolute Gasteiger partial charge is 0.439 e. The highest BCUT2D eigenvalue weighted by molar-refractivity contribution is 5.99. The molecule has 27 heavy (non-hydrogen) atoms. The average molecular weight is 365 g/mol. The molecule has 138 valence electrons. The number of nitrogens with zero attached hydrogens (tertiary/aromatic N) is 2. The fourth-order valence-corrected chi connectivity index (χ4v) is 3.26. The maximum atomic E-state index is 13.9. The fraction of sp³-hybridized carbons (Fsp3) is 0.238. The van der Waals surface area contributed by atoms with Crippen LogP contribution >= 0.6 is 0 Å². The molecule has 0 spiro atoms. The average Bonchev–Trinajstić information content (AvgIpc) is 3.39. The quantitative estimate of drug-likeness (QED) is 0.731. The molecule has 5 nitrogen and oxygen atoms in total. The summed E-state index contributed by atoms with van der Waals surface area (Å²) >= 11 is 0. The van der Waals surface area contributed by atoms with E-state index in [1.165, 1.54) is 12.3 Å². The number of rotatable bonds is 5. The number of carbonyl (C=O) groups is 1. The predicted molar refractivity (Wildman–Crippen MR) is 101 cm³/mol. The lowest BCUT2D eigenvalue weighted by atomic mass is 10.1. The number of anilines is 1. The van der Waals surface area contributed by atoms with Gasteiger partial charge < -0.3 is 14.6 Å². The molecule has 0 bridgehead atoms. The minimum Gasteiger partial charge on any atom is -0.439 e. The van der Waals surface area contributed by atoms with E-state index in [1.54, 1.807) is 18.2 Å². The van der Waals surface area contributed by atoms with Crippen LogP contribution in [0.2, 0.25) is 0 Å². The van der Waals surface area contributed by atoms with Crippen molar-refractivity contribution in [2.24, 2.45) is 0 Å². The molecule has 1 aromatic heterocycles. The minimum atomic E-state index is -0.352. The second-order valence-electron chi connectivity index (χ2n) is 6.50. The van der Waals surface area contributed by atoms with E-state index >= 15 is 0 Å². The van der Waals surface area contributed by atoms with Crippen molar-refractivity contribution in [3.8, 4) is 11.3 Å². The van der Waals surface area contributed by atoms with E-state index in [-0.39, 0.29) is 11.7 Å². The van der Waals surface area contributed by atoms with Crippen LogP contribution in [0.3, 0.4) is 0 Å². The topological polar surface area (TPSA) is 58.4 Å². The first-order valence-electron chi connectivity index (χ1n) is 9.04. The Morgan fingerprint density at radius 3 is 2.67 bits per heavy atom. The zero-order valence-corrected chi connectivity index (χ0v) is 14.8. The highest BCUT2D eigenvalue weighted by Crippen LogP contribution is 2.24. The van der Waals surface area contributed by atoms with Crippen molar-refractivity contribution in [1.82, 2.24) is 9.88 Å². The molecule has 0 unspecified atom stereocenters. The van der Waals surface area contributed by atoms with Crippen LogP contribution in [0.25, 0.3) is 11.3 Å². The van der Waals surface area contributed by atoms with Gasteiger partial charge in [0.05, 0.1) is 23.9 Å². The molecule has 1 N–H and O–H groups in total. The van der Waals surface area contributed by atoms with Crippen LogP contribution in [0.5, 0.6) is 0 Å². The van der Waals surface area contributed by atoms with Crippen molar-refractivity contribution in [3.05, 3.63) is 72.0 Å². The van der Waals surface area contributed by atoms with Crippen LogP contribution in [0.4, 0.5) is 10.1 Å². The first kappa shape index (κ1) is 17.3. The van der Waals surface area contributed by atoms with Crippen molar-refractivity contribution in [3.63, 3.8) is 0 Å². The van der Waals surface area contributed by atoms with Crippen LogP contribution in [0, 0.1) is 5.82 Å².